The van der Waals surface area contributed by atoms with Gasteiger partial charge in [0.1, 0.15) is 0 Å². The third-order valence-corrected chi connectivity index (χ3v) is 2.93. The minimum Gasteiger partial charge on any atom is -0.376 e. The number of ketones is 1. The van der Waals surface area contributed by atoms with Gasteiger partial charge in [-0.3, -0.25) is 9.59 Å². The Balaban J connectivity index is 2.69. The number of rotatable bonds is 7. The lowest BCUT2D eigenvalue weighted by Crippen LogP contribution is -2.36. The standard InChI is InChI=1S/C16H22N2O2/c1-5-18(11-12(2)3)16(20)10-17-15-9-7-6-8-14(15)13(4)19/h6-9,17H,2,5,10-11H2,1,3-4H3. The second kappa shape index (κ2) is 7.48. The van der Waals surface area contributed by atoms with E-state index in [-0.39, 0.29) is 18.2 Å². The average Bonchev–Trinajstić information content (AvgIpc) is 2.42. The van der Waals surface area contributed by atoms with E-state index in [4.69, 9.17) is 0 Å². The highest BCUT2D eigenvalue weighted by Crippen LogP contribution is 2.15. The molecule has 20 heavy (non-hydrogen) atoms. The van der Waals surface area contributed by atoms with Crippen LogP contribution in [0.1, 0.15) is 31.1 Å². The first-order chi connectivity index (χ1) is 9.45. The summed E-state index contributed by atoms with van der Waals surface area (Å²) >= 11 is 0. The highest BCUT2D eigenvalue weighted by Gasteiger charge is 2.12. The van der Waals surface area contributed by atoms with Gasteiger partial charge in [-0.25, -0.2) is 0 Å². The number of nitrogens with one attached hydrogen (secondary N) is 1. The molecule has 0 spiro atoms. The van der Waals surface area contributed by atoms with Gasteiger partial charge in [0.15, 0.2) is 5.78 Å². The fraction of sp³-hybridized carbons (Fsp3) is 0.375. The highest BCUT2D eigenvalue weighted by atomic mass is 16.2. The monoisotopic (exact) mass is 274 g/mol. The molecule has 1 aromatic carbocycles. The third-order valence-electron chi connectivity index (χ3n) is 2.93. The summed E-state index contributed by atoms with van der Waals surface area (Å²) in [6.45, 7) is 10.5. The summed E-state index contributed by atoms with van der Waals surface area (Å²) in [5.74, 6) is -0.0244. The molecule has 0 saturated carbocycles. The third kappa shape index (κ3) is 4.53. The van der Waals surface area contributed by atoms with Gasteiger partial charge >= 0.3 is 0 Å². The van der Waals surface area contributed by atoms with Crippen molar-refractivity contribution in [1.29, 1.82) is 0 Å². The average molecular weight is 274 g/mol. The topological polar surface area (TPSA) is 49.4 Å². The quantitative estimate of drug-likeness (QED) is 0.614. The number of benzene rings is 1. The van der Waals surface area contributed by atoms with Crippen LogP contribution in [-0.4, -0.2) is 36.2 Å². The van der Waals surface area contributed by atoms with Crippen LogP contribution in [0.4, 0.5) is 5.69 Å². The van der Waals surface area contributed by atoms with Gasteiger partial charge < -0.3 is 10.2 Å². The van der Waals surface area contributed by atoms with Crippen LogP contribution in [0.5, 0.6) is 0 Å². The number of amides is 1. The normalized spacial score (nSPS) is 9.95. The smallest absolute Gasteiger partial charge is 0.242 e. The molecule has 4 nitrogen and oxygen atoms in total. The van der Waals surface area contributed by atoms with E-state index in [0.29, 0.717) is 24.3 Å². The molecule has 4 heteroatoms. The SMILES string of the molecule is C=C(C)CN(CC)C(=O)CNc1ccccc1C(C)=O. The van der Waals surface area contributed by atoms with Crippen LogP contribution >= 0.6 is 0 Å². The molecular formula is C16H22N2O2. The minimum atomic E-state index is -0.0187. The second-order valence-electron chi connectivity index (χ2n) is 4.82. The number of nitrogens with zero attached hydrogens (tertiary/aromatic N) is 1. The highest BCUT2D eigenvalue weighted by molar-refractivity contribution is 6.00. The Morgan fingerprint density at radius 2 is 1.90 bits per heavy atom. The van der Waals surface area contributed by atoms with Gasteiger partial charge in [-0.1, -0.05) is 24.3 Å². The Labute approximate surface area is 120 Å². The number of hydrogen-bond acceptors (Lipinski definition) is 3. The van der Waals surface area contributed by atoms with Crippen molar-refractivity contribution in [3.8, 4) is 0 Å². The zero-order chi connectivity index (χ0) is 15.1. The van der Waals surface area contributed by atoms with E-state index in [1.54, 1.807) is 17.0 Å². The summed E-state index contributed by atoms with van der Waals surface area (Å²) in [6, 6.07) is 7.20. The molecule has 0 aliphatic heterocycles. The Morgan fingerprint density at radius 1 is 1.25 bits per heavy atom. The van der Waals surface area contributed by atoms with Crippen LogP contribution in [-0.2, 0) is 4.79 Å². The molecule has 0 atom stereocenters. The number of anilines is 1. The molecule has 0 bridgehead atoms. The van der Waals surface area contributed by atoms with Crippen LogP contribution in [0.2, 0.25) is 0 Å². The minimum absolute atomic E-state index is 0.00569. The second-order valence-corrected chi connectivity index (χ2v) is 4.82. The first-order valence-electron chi connectivity index (χ1n) is 6.71. The summed E-state index contributed by atoms with van der Waals surface area (Å²) in [6.07, 6.45) is 0. The maximum atomic E-state index is 12.1. The van der Waals surface area contributed by atoms with Crippen LogP contribution in [0.25, 0.3) is 0 Å². The Bertz CT molecular complexity index is 509. The van der Waals surface area contributed by atoms with Gasteiger partial charge in [-0.15, -0.1) is 0 Å². The van der Waals surface area contributed by atoms with Crippen LogP contribution in [0.15, 0.2) is 36.4 Å². The number of carbonyl (C=O) groups is 2. The number of hydrogen-bond donors (Lipinski definition) is 1. The first kappa shape index (κ1) is 16.0. The van der Waals surface area contributed by atoms with Crippen molar-refractivity contribution in [2.45, 2.75) is 20.8 Å². The molecule has 1 rings (SSSR count). The molecule has 108 valence electrons. The summed E-state index contributed by atoms with van der Waals surface area (Å²) in [4.78, 5) is 25.3. The molecule has 0 aliphatic rings. The van der Waals surface area contributed by atoms with E-state index in [9.17, 15) is 9.59 Å². The van der Waals surface area contributed by atoms with Crippen molar-refractivity contribution in [1.82, 2.24) is 4.90 Å². The fourth-order valence-electron chi connectivity index (χ4n) is 1.93. The maximum Gasteiger partial charge on any atom is 0.242 e. The Morgan fingerprint density at radius 3 is 2.45 bits per heavy atom. The Kier molecular flexibility index (Phi) is 5.97. The first-order valence-corrected chi connectivity index (χ1v) is 6.71. The van der Waals surface area contributed by atoms with Crippen molar-refractivity contribution < 1.29 is 9.59 Å². The van der Waals surface area contributed by atoms with E-state index in [1.165, 1.54) is 6.92 Å². The van der Waals surface area contributed by atoms with Crippen molar-refractivity contribution >= 4 is 17.4 Å². The largest absolute Gasteiger partial charge is 0.376 e. The van der Waals surface area contributed by atoms with Gasteiger partial charge in [0, 0.05) is 24.3 Å². The van der Waals surface area contributed by atoms with E-state index >= 15 is 0 Å². The molecule has 1 N–H and O–H groups in total. The summed E-state index contributed by atoms with van der Waals surface area (Å²) in [7, 11) is 0. The van der Waals surface area contributed by atoms with E-state index in [0.717, 1.165) is 5.57 Å². The lowest BCUT2D eigenvalue weighted by Gasteiger charge is -2.21. The maximum absolute atomic E-state index is 12.1. The van der Waals surface area contributed by atoms with Gasteiger partial charge in [-0.2, -0.15) is 0 Å². The predicted molar refractivity (Wildman–Crippen MR) is 82.0 cm³/mol. The molecule has 0 aliphatic carbocycles. The van der Waals surface area contributed by atoms with Crippen LogP contribution in [0.3, 0.4) is 0 Å². The van der Waals surface area contributed by atoms with E-state index in [1.807, 2.05) is 26.0 Å². The Hall–Kier alpha value is -2.10. The summed E-state index contributed by atoms with van der Waals surface area (Å²) < 4.78 is 0. The lowest BCUT2D eigenvalue weighted by atomic mass is 10.1. The lowest BCUT2D eigenvalue weighted by molar-refractivity contribution is -0.128. The van der Waals surface area contributed by atoms with E-state index < -0.39 is 0 Å². The van der Waals surface area contributed by atoms with Crippen molar-refractivity contribution in [3.63, 3.8) is 0 Å². The van der Waals surface area contributed by atoms with Crippen molar-refractivity contribution in [2.24, 2.45) is 0 Å². The van der Waals surface area contributed by atoms with Gasteiger partial charge in [0.2, 0.25) is 5.91 Å². The number of para-hydroxylation sites is 1. The molecule has 0 aromatic heterocycles. The summed E-state index contributed by atoms with van der Waals surface area (Å²) in [5.41, 5.74) is 2.24. The zero-order valence-electron chi connectivity index (χ0n) is 12.4. The fourth-order valence-corrected chi connectivity index (χ4v) is 1.93. The molecule has 0 radical (unpaired) electrons. The number of likely N-dealkylation sites (N-methyl/N-ethyl adjacent to an activating group) is 1. The van der Waals surface area contributed by atoms with Gasteiger partial charge in [-0.05, 0) is 32.9 Å². The van der Waals surface area contributed by atoms with Gasteiger partial charge in [0.25, 0.3) is 0 Å². The van der Waals surface area contributed by atoms with Gasteiger partial charge in [0.05, 0.1) is 6.54 Å². The van der Waals surface area contributed by atoms with Crippen LogP contribution in [0, 0.1) is 0 Å². The number of carbonyl (C=O) groups excluding carboxylic acids is 2. The number of Topliss-reactive ketones (excluding diaryl/α,β-unsaturated/α-hetero) is 1. The molecule has 0 saturated heterocycles. The van der Waals surface area contributed by atoms with Crippen molar-refractivity contribution in [3.05, 3.63) is 42.0 Å². The molecule has 0 fully saturated rings. The van der Waals surface area contributed by atoms with Crippen LogP contribution < -0.4 is 5.32 Å². The molecule has 1 amide bonds. The summed E-state index contributed by atoms with van der Waals surface area (Å²) in [5, 5.41) is 3.04. The predicted octanol–water partition coefficient (Wildman–Crippen LogP) is 2.73. The molecule has 1 aromatic rings. The van der Waals surface area contributed by atoms with Crippen molar-refractivity contribution in [2.75, 3.05) is 25.0 Å². The molecule has 0 heterocycles. The molecular weight excluding hydrogens is 252 g/mol. The molecule has 0 unspecified atom stereocenters. The van der Waals surface area contributed by atoms with E-state index in [2.05, 4.69) is 11.9 Å². The zero-order valence-corrected chi connectivity index (χ0v) is 12.4.